The summed E-state index contributed by atoms with van der Waals surface area (Å²) in [6.07, 6.45) is 5.76. The highest BCUT2D eigenvalue weighted by molar-refractivity contribution is 5.76. The summed E-state index contributed by atoms with van der Waals surface area (Å²) in [5.41, 5.74) is 7.41. The number of carbonyl (C=O) groups is 1. The zero-order valence-electron chi connectivity index (χ0n) is 16.1. The molecule has 0 atom stereocenters. The van der Waals surface area contributed by atoms with Crippen LogP contribution in [0, 0.1) is 5.82 Å². The first-order chi connectivity index (χ1) is 12.8. The number of rotatable bonds is 6. The van der Waals surface area contributed by atoms with Gasteiger partial charge in [0.2, 0.25) is 5.91 Å². The molecule has 0 saturated carbocycles. The van der Waals surface area contributed by atoms with Gasteiger partial charge in [-0.2, -0.15) is 0 Å². The Morgan fingerprint density at radius 2 is 1.93 bits per heavy atom. The van der Waals surface area contributed by atoms with E-state index >= 15 is 0 Å². The molecule has 0 spiro atoms. The fourth-order valence-electron chi connectivity index (χ4n) is 3.38. The van der Waals surface area contributed by atoms with E-state index in [-0.39, 0.29) is 17.8 Å². The smallest absolute Gasteiger partial charge is 0.222 e. The first-order valence-electron chi connectivity index (χ1n) is 9.56. The summed E-state index contributed by atoms with van der Waals surface area (Å²) in [5, 5.41) is 8.40. The van der Waals surface area contributed by atoms with Crippen molar-refractivity contribution in [1.29, 1.82) is 0 Å². The van der Waals surface area contributed by atoms with Crippen LogP contribution in [0.5, 0.6) is 0 Å². The van der Waals surface area contributed by atoms with Crippen LogP contribution in [0.15, 0.2) is 30.5 Å². The number of aryl methyl sites for hydroxylation is 1. The second-order valence-electron chi connectivity index (χ2n) is 7.90. The molecule has 0 aliphatic carbocycles. The minimum Gasteiger partial charge on any atom is -0.343 e. The van der Waals surface area contributed by atoms with Crippen LogP contribution in [0.3, 0.4) is 0 Å². The van der Waals surface area contributed by atoms with Gasteiger partial charge in [-0.05, 0) is 57.2 Å². The minimum absolute atomic E-state index is 0.193. The van der Waals surface area contributed by atoms with E-state index in [1.807, 2.05) is 29.6 Å². The monoisotopic (exact) mass is 373 g/mol. The number of carbonyl (C=O) groups excluding carboxylic acids is 1. The molecule has 2 aromatic rings. The number of piperidine rings is 1. The molecule has 1 aliphatic heterocycles. The van der Waals surface area contributed by atoms with Crippen LogP contribution in [0.1, 0.15) is 56.8 Å². The Bertz CT molecular complexity index is 757. The van der Waals surface area contributed by atoms with E-state index in [0.717, 1.165) is 50.0 Å². The molecule has 7 heteroatoms. The molecule has 1 aromatic heterocycles. The van der Waals surface area contributed by atoms with Gasteiger partial charge < -0.3 is 10.6 Å². The van der Waals surface area contributed by atoms with E-state index < -0.39 is 5.54 Å². The molecule has 146 valence electrons. The van der Waals surface area contributed by atoms with Crippen LogP contribution in [0.25, 0.3) is 0 Å². The van der Waals surface area contributed by atoms with Crippen molar-refractivity contribution in [3.05, 3.63) is 47.5 Å². The van der Waals surface area contributed by atoms with Gasteiger partial charge in [0.25, 0.3) is 0 Å². The average Bonchev–Trinajstić information content (AvgIpc) is 3.14. The Balaban J connectivity index is 1.43. The maximum absolute atomic E-state index is 12.9. The minimum atomic E-state index is -0.501. The lowest BCUT2D eigenvalue weighted by Crippen LogP contribution is -2.39. The molecule has 0 bridgehead atoms. The highest BCUT2D eigenvalue weighted by atomic mass is 19.1. The van der Waals surface area contributed by atoms with Crippen LogP contribution >= 0.6 is 0 Å². The summed E-state index contributed by atoms with van der Waals surface area (Å²) < 4.78 is 14.8. The first-order valence-corrected chi connectivity index (χ1v) is 9.56. The molecule has 1 saturated heterocycles. The summed E-state index contributed by atoms with van der Waals surface area (Å²) in [5.74, 6) is -0.0369. The molecule has 1 amide bonds. The molecular weight excluding hydrogens is 345 g/mol. The third-order valence-electron chi connectivity index (χ3n) is 5.13. The lowest BCUT2D eigenvalue weighted by molar-refractivity contribution is -0.132. The predicted molar refractivity (Wildman–Crippen MR) is 101 cm³/mol. The number of amides is 1. The SMILES string of the molecule is CC(C)(N)c1cn(C2CCN(C(=O)CCCc3ccc(F)cc3)CC2)nn1. The zero-order valence-corrected chi connectivity index (χ0v) is 16.1. The lowest BCUT2D eigenvalue weighted by atomic mass is 10.0. The fourth-order valence-corrected chi connectivity index (χ4v) is 3.38. The predicted octanol–water partition coefficient (Wildman–Crippen LogP) is 2.80. The molecule has 1 aromatic carbocycles. The molecular formula is C20H28FN5O. The van der Waals surface area contributed by atoms with Gasteiger partial charge in [-0.3, -0.25) is 4.79 Å². The Hall–Kier alpha value is -2.28. The maximum Gasteiger partial charge on any atom is 0.222 e. The summed E-state index contributed by atoms with van der Waals surface area (Å²) in [7, 11) is 0. The summed E-state index contributed by atoms with van der Waals surface area (Å²) >= 11 is 0. The van der Waals surface area contributed by atoms with E-state index in [1.54, 1.807) is 12.1 Å². The van der Waals surface area contributed by atoms with Gasteiger partial charge in [0.15, 0.2) is 0 Å². The molecule has 2 N–H and O–H groups in total. The topological polar surface area (TPSA) is 77.0 Å². The van der Waals surface area contributed by atoms with Gasteiger partial charge in [-0.1, -0.05) is 17.3 Å². The van der Waals surface area contributed by atoms with Crippen LogP contribution < -0.4 is 5.73 Å². The highest BCUT2D eigenvalue weighted by Gasteiger charge is 2.26. The van der Waals surface area contributed by atoms with E-state index in [9.17, 15) is 9.18 Å². The number of hydrogen-bond acceptors (Lipinski definition) is 4. The summed E-state index contributed by atoms with van der Waals surface area (Å²) in [6, 6.07) is 6.74. The van der Waals surface area contributed by atoms with Crippen molar-refractivity contribution in [3.8, 4) is 0 Å². The van der Waals surface area contributed by atoms with Crippen molar-refractivity contribution >= 4 is 5.91 Å². The zero-order chi connectivity index (χ0) is 19.4. The molecule has 27 heavy (non-hydrogen) atoms. The quantitative estimate of drug-likeness (QED) is 0.845. The largest absolute Gasteiger partial charge is 0.343 e. The number of aromatic nitrogens is 3. The fraction of sp³-hybridized carbons (Fsp3) is 0.550. The van der Waals surface area contributed by atoms with Gasteiger partial charge in [-0.15, -0.1) is 5.10 Å². The summed E-state index contributed by atoms with van der Waals surface area (Å²) in [4.78, 5) is 14.4. The molecule has 1 fully saturated rings. The molecule has 0 unspecified atom stereocenters. The maximum atomic E-state index is 12.9. The van der Waals surface area contributed by atoms with Crippen molar-refractivity contribution in [1.82, 2.24) is 19.9 Å². The second kappa shape index (κ2) is 8.17. The Labute approximate surface area is 159 Å². The van der Waals surface area contributed by atoms with Crippen molar-refractivity contribution in [2.75, 3.05) is 13.1 Å². The number of likely N-dealkylation sites (tertiary alicyclic amines) is 1. The van der Waals surface area contributed by atoms with E-state index in [4.69, 9.17) is 5.73 Å². The molecule has 1 aliphatic rings. The van der Waals surface area contributed by atoms with E-state index in [0.29, 0.717) is 6.42 Å². The Kier molecular flexibility index (Phi) is 5.89. The van der Waals surface area contributed by atoms with Crippen molar-refractivity contribution in [3.63, 3.8) is 0 Å². The van der Waals surface area contributed by atoms with Crippen LogP contribution in [-0.2, 0) is 16.8 Å². The third kappa shape index (κ3) is 5.13. The van der Waals surface area contributed by atoms with Crippen LogP contribution in [-0.4, -0.2) is 38.9 Å². The first kappa shape index (κ1) is 19.5. The average molecular weight is 373 g/mol. The number of halogens is 1. The van der Waals surface area contributed by atoms with Gasteiger partial charge >= 0.3 is 0 Å². The number of nitrogens with two attached hydrogens (primary N) is 1. The number of nitrogens with zero attached hydrogens (tertiary/aromatic N) is 4. The van der Waals surface area contributed by atoms with Gasteiger partial charge in [0.1, 0.15) is 11.5 Å². The second-order valence-corrected chi connectivity index (χ2v) is 7.90. The lowest BCUT2D eigenvalue weighted by Gasteiger charge is -2.32. The molecule has 2 heterocycles. The van der Waals surface area contributed by atoms with E-state index in [2.05, 4.69) is 10.3 Å². The summed E-state index contributed by atoms with van der Waals surface area (Å²) in [6.45, 7) is 5.30. The van der Waals surface area contributed by atoms with Crippen molar-refractivity contribution in [2.24, 2.45) is 5.73 Å². The third-order valence-corrected chi connectivity index (χ3v) is 5.13. The molecule has 3 rings (SSSR count). The van der Waals surface area contributed by atoms with Gasteiger partial charge in [0, 0.05) is 19.5 Å². The molecule has 6 nitrogen and oxygen atoms in total. The Morgan fingerprint density at radius 1 is 1.26 bits per heavy atom. The van der Waals surface area contributed by atoms with Crippen molar-refractivity contribution in [2.45, 2.75) is 57.5 Å². The van der Waals surface area contributed by atoms with Crippen LogP contribution in [0.2, 0.25) is 0 Å². The van der Waals surface area contributed by atoms with Crippen molar-refractivity contribution < 1.29 is 9.18 Å². The standard InChI is InChI=1S/C20H28FN5O/c1-20(2,22)18-14-26(24-23-18)17-10-12-25(13-11-17)19(27)5-3-4-15-6-8-16(21)9-7-15/h6-9,14,17H,3-5,10-13,22H2,1-2H3. The molecule has 0 radical (unpaired) electrons. The number of hydrogen-bond donors (Lipinski definition) is 1. The normalized spacial score (nSPS) is 15.9. The van der Waals surface area contributed by atoms with Gasteiger partial charge in [0.05, 0.1) is 17.8 Å². The van der Waals surface area contributed by atoms with Crippen LogP contribution in [0.4, 0.5) is 4.39 Å². The van der Waals surface area contributed by atoms with Gasteiger partial charge in [-0.25, -0.2) is 9.07 Å². The highest BCUT2D eigenvalue weighted by Crippen LogP contribution is 2.24. The van der Waals surface area contributed by atoms with E-state index in [1.165, 1.54) is 12.1 Å². The number of benzene rings is 1. The Morgan fingerprint density at radius 3 is 2.52 bits per heavy atom.